The Bertz CT molecular complexity index is 469. The van der Waals surface area contributed by atoms with Crippen LogP contribution in [-0.4, -0.2) is 25.4 Å². The third kappa shape index (κ3) is 1.32. The summed E-state index contributed by atoms with van der Waals surface area (Å²) in [7, 11) is 3.73. The van der Waals surface area contributed by atoms with Gasteiger partial charge in [-0.2, -0.15) is 0 Å². The predicted molar refractivity (Wildman–Crippen MR) is 50.8 cm³/mol. The number of carbonyl (C=O) groups is 1. The first-order chi connectivity index (χ1) is 6.70. The number of aromatic nitrogens is 4. The average Bonchev–Trinajstić information content (AvgIpc) is 2.71. The molecule has 0 aliphatic rings. The Morgan fingerprint density at radius 1 is 1.36 bits per heavy atom. The molecule has 0 spiro atoms. The fourth-order valence-electron chi connectivity index (χ4n) is 1.31. The van der Waals surface area contributed by atoms with Crippen molar-refractivity contribution in [3.63, 3.8) is 0 Å². The van der Waals surface area contributed by atoms with Crippen LogP contribution in [0.4, 0.5) is 0 Å². The van der Waals surface area contributed by atoms with Crippen LogP contribution in [0.2, 0.25) is 0 Å². The predicted octanol–water partition coefficient (Wildman–Crippen LogP) is 0.633. The number of hydrogen-bond donors (Lipinski definition) is 0. The van der Waals surface area contributed by atoms with Gasteiger partial charge in [0.25, 0.3) is 0 Å². The van der Waals surface area contributed by atoms with Crippen molar-refractivity contribution in [1.82, 2.24) is 19.1 Å². The Morgan fingerprint density at radius 3 is 2.64 bits per heavy atom. The van der Waals surface area contributed by atoms with Crippen LogP contribution in [0.15, 0.2) is 18.7 Å². The Morgan fingerprint density at radius 2 is 2.14 bits per heavy atom. The van der Waals surface area contributed by atoms with Crippen LogP contribution < -0.4 is 0 Å². The summed E-state index contributed by atoms with van der Waals surface area (Å²) in [5.41, 5.74) is 1.19. The Hall–Kier alpha value is -1.91. The molecule has 0 radical (unpaired) electrons. The van der Waals surface area contributed by atoms with Gasteiger partial charge in [-0.05, 0) is 0 Å². The minimum Gasteiger partial charge on any atom is -0.340 e. The highest BCUT2D eigenvalue weighted by Crippen LogP contribution is 2.14. The fourth-order valence-corrected chi connectivity index (χ4v) is 1.31. The van der Waals surface area contributed by atoms with Gasteiger partial charge in [-0.3, -0.25) is 4.79 Å². The molecule has 2 heterocycles. The lowest BCUT2D eigenvalue weighted by atomic mass is 10.4. The zero-order chi connectivity index (χ0) is 10.1. The van der Waals surface area contributed by atoms with Crippen LogP contribution in [0.25, 0.3) is 11.5 Å². The number of aryl methyl sites for hydroxylation is 2. The molecule has 14 heavy (non-hydrogen) atoms. The van der Waals surface area contributed by atoms with Gasteiger partial charge in [-0.25, -0.2) is 9.97 Å². The quantitative estimate of drug-likeness (QED) is 0.653. The van der Waals surface area contributed by atoms with E-state index < -0.39 is 0 Å². The molecule has 0 unspecified atom stereocenters. The van der Waals surface area contributed by atoms with E-state index in [9.17, 15) is 4.79 Å². The molecule has 5 heteroatoms. The van der Waals surface area contributed by atoms with E-state index in [1.165, 1.54) is 0 Å². The Balaban J connectivity index is 2.50. The van der Waals surface area contributed by atoms with E-state index in [1.54, 1.807) is 17.1 Å². The molecule has 0 atom stereocenters. The first-order valence-corrected chi connectivity index (χ1v) is 4.17. The second-order valence-electron chi connectivity index (χ2n) is 3.14. The summed E-state index contributed by atoms with van der Waals surface area (Å²) >= 11 is 0. The van der Waals surface area contributed by atoms with Crippen LogP contribution in [0.1, 0.15) is 10.5 Å². The highest BCUT2D eigenvalue weighted by molar-refractivity contribution is 5.73. The van der Waals surface area contributed by atoms with Crippen molar-refractivity contribution in [1.29, 1.82) is 0 Å². The fraction of sp³-hybridized carbons (Fsp3) is 0.222. The largest absolute Gasteiger partial charge is 0.340 e. The lowest BCUT2D eigenvalue weighted by Gasteiger charge is -1.94. The van der Waals surface area contributed by atoms with E-state index in [4.69, 9.17) is 0 Å². The number of rotatable bonds is 2. The van der Waals surface area contributed by atoms with Crippen LogP contribution in [-0.2, 0) is 14.1 Å². The molecule has 2 rings (SSSR count). The van der Waals surface area contributed by atoms with Gasteiger partial charge < -0.3 is 9.13 Å². The van der Waals surface area contributed by atoms with Crippen molar-refractivity contribution in [2.75, 3.05) is 0 Å². The molecule has 0 N–H and O–H groups in total. The minimum absolute atomic E-state index is 0.424. The molecule has 0 aromatic carbocycles. The van der Waals surface area contributed by atoms with E-state index >= 15 is 0 Å². The summed E-state index contributed by atoms with van der Waals surface area (Å²) in [6.45, 7) is 0. The summed E-state index contributed by atoms with van der Waals surface area (Å²) in [6, 6.07) is 0. The van der Waals surface area contributed by atoms with Gasteiger partial charge in [0.15, 0.2) is 12.1 Å². The minimum atomic E-state index is 0.424. The normalized spacial score (nSPS) is 10.4. The van der Waals surface area contributed by atoms with Gasteiger partial charge >= 0.3 is 0 Å². The molecule has 0 amide bonds. The Kier molecular flexibility index (Phi) is 1.92. The van der Waals surface area contributed by atoms with Crippen molar-refractivity contribution >= 4 is 6.29 Å². The van der Waals surface area contributed by atoms with E-state index in [-0.39, 0.29) is 0 Å². The SMILES string of the molecule is Cn1cnc(-c2nc(C=O)cn2C)c1. The van der Waals surface area contributed by atoms with E-state index in [2.05, 4.69) is 9.97 Å². The van der Waals surface area contributed by atoms with E-state index in [1.807, 2.05) is 24.9 Å². The van der Waals surface area contributed by atoms with Crippen LogP contribution in [0.3, 0.4) is 0 Å². The maximum Gasteiger partial charge on any atom is 0.170 e. The highest BCUT2D eigenvalue weighted by Gasteiger charge is 2.08. The van der Waals surface area contributed by atoms with Crippen LogP contribution in [0, 0.1) is 0 Å². The van der Waals surface area contributed by atoms with Gasteiger partial charge in [0.05, 0.1) is 6.33 Å². The zero-order valence-electron chi connectivity index (χ0n) is 8.01. The third-order valence-corrected chi connectivity index (χ3v) is 1.95. The lowest BCUT2D eigenvalue weighted by Crippen LogP contribution is -1.90. The van der Waals surface area contributed by atoms with Crippen LogP contribution in [0.5, 0.6) is 0 Å². The summed E-state index contributed by atoms with van der Waals surface area (Å²) in [6.07, 6.45) is 5.96. The monoisotopic (exact) mass is 190 g/mol. The molecule has 2 aromatic heterocycles. The number of nitrogens with zero attached hydrogens (tertiary/aromatic N) is 4. The van der Waals surface area contributed by atoms with Crippen molar-refractivity contribution in [3.05, 3.63) is 24.4 Å². The average molecular weight is 190 g/mol. The number of hydrogen-bond acceptors (Lipinski definition) is 3. The number of aldehydes is 1. The van der Waals surface area contributed by atoms with Crippen molar-refractivity contribution < 1.29 is 4.79 Å². The maximum absolute atomic E-state index is 10.5. The van der Waals surface area contributed by atoms with Gasteiger partial charge in [-0.1, -0.05) is 0 Å². The molecule has 72 valence electrons. The molecule has 0 fully saturated rings. The third-order valence-electron chi connectivity index (χ3n) is 1.95. The molecule has 0 saturated carbocycles. The first kappa shape index (κ1) is 8.68. The second-order valence-corrected chi connectivity index (χ2v) is 3.14. The molecule has 0 aliphatic carbocycles. The Labute approximate surface area is 81.0 Å². The summed E-state index contributed by atoms with van der Waals surface area (Å²) in [5.74, 6) is 0.702. The van der Waals surface area contributed by atoms with Gasteiger partial charge in [0.1, 0.15) is 11.4 Å². The van der Waals surface area contributed by atoms with Crippen LogP contribution >= 0.6 is 0 Å². The summed E-state index contributed by atoms with van der Waals surface area (Å²) in [4.78, 5) is 18.8. The van der Waals surface area contributed by atoms with E-state index in [0.717, 1.165) is 12.0 Å². The van der Waals surface area contributed by atoms with E-state index in [0.29, 0.717) is 11.5 Å². The standard InChI is InChI=1S/C9H10N4O/c1-12-4-8(10-6-12)9-11-7(5-14)3-13(9)2/h3-6H,1-2H3. The molecular formula is C9H10N4O. The number of imidazole rings is 2. The molecule has 2 aromatic rings. The van der Waals surface area contributed by atoms with Crippen molar-refractivity contribution in [3.8, 4) is 11.5 Å². The molecular weight excluding hydrogens is 180 g/mol. The first-order valence-electron chi connectivity index (χ1n) is 4.17. The lowest BCUT2D eigenvalue weighted by molar-refractivity contribution is 0.111. The number of carbonyl (C=O) groups excluding carboxylic acids is 1. The topological polar surface area (TPSA) is 52.7 Å². The summed E-state index contributed by atoms with van der Waals surface area (Å²) < 4.78 is 3.62. The summed E-state index contributed by atoms with van der Waals surface area (Å²) in [5, 5.41) is 0. The van der Waals surface area contributed by atoms with Crippen molar-refractivity contribution in [2.45, 2.75) is 0 Å². The molecule has 0 aliphatic heterocycles. The zero-order valence-corrected chi connectivity index (χ0v) is 8.01. The van der Waals surface area contributed by atoms with Crippen molar-refractivity contribution in [2.24, 2.45) is 14.1 Å². The molecule has 5 nitrogen and oxygen atoms in total. The smallest absolute Gasteiger partial charge is 0.170 e. The molecule has 0 saturated heterocycles. The van der Waals surface area contributed by atoms with Gasteiger partial charge in [0, 0.05) is 26.5 Å². The van der Waals surface area contributed by atoms with Gasteiger partial charge in [0.2, 0.25) is 0 Å². The van der Waals surface area contributed by atoms with Gasteiger partial charge in [-0.15, -0.1) is 0 Å². The second kappa shape index (κ2) is 3.10. The molecule has 0 bridgehead atoms. The maximum atomic E-state index is 10.5. The highest BCUT2D eigenvalue weighted by atomic mass is 16.1.